The molecular formula is C26H31N5O3S. The predicted molar refractivity (Wildman–Crippen MR) is 138 cm³/mol. The molecule has 9 heteroatoms. The number of pyridine rings is 1. The van der Waals surface area contributed by atoms with Gasteiger partial charge in [-0.1, -0.05) is 13.0 Å². The van der Waals surface area contributed by atoms with Crippen LogP contribution in [0.2, 0.25) is 0 Å². The molecule has 4 atom stereocenters. The lowest BCUT2D eigenvalue weighted by molar-refractivity contribution is -0.0108. The minimum atomic E-state index is -0.255. The predicted octanol–water partition coefficient (Wildman–Crippen LogP) is 2.86. The Morgan fingerprint density at radius 3 is 2.97 bits per heavy atom. The molecule has 3 aliphatic rings. The van der Waals surface area contributed by atoms with Crippen LogP contribution in [0.4, 0.5) is 11.4 Å². The summed E-state index contributed by atoms with van der Waals surface area (Å²) < 4.78 is 12.3. The largest absolute Gasteiger partial charge is 0.491 e. The third kappa shape index (κ3) is 3.73. The Balaban J connectivity index is 1.15. The molecular weight excluding hydrogens is 462 g/mol. The summed E-state index contributed by atoms with van der Waals surface area (Å²) in [6.45, 7) is 6.94. The summed E-state index contributed by atoms with van der Waals surface area (Å²) >= 11 is 1.33. The third-order valence-corrected chi connectivity index (χ3v) is 8.95. The van der Waals surface area contributed by atoms with Crippen molar-refractivity contribution in [2.45, 2.75) is 44.4 Å². The molecule has 1 spiro atoms. The van der Waals surface area contributed by atoms with Crippen LogP contribution in [-0.4, -0.2) is 54.9 Å². The molecule has 2 aromatic heterocycles. The maximum atomic E-state index is 13.0. The Morgan fingerprint density at radius 2 is 2.17 bits per heavy atom. The smallest absolute Gasteiger partial charge is 0.263 e. The fourth-order valence-electron chi connectivity index (χ4n) is 5.71. The molecule has 184 valence electrons. The highest BCUT2D eigenvalue weighted by atomic mass is 32.1. The van der Waals surface area contributed by atoms with Gasteiger partial charge in [0.1, 0.15) is 27.7 Å². The summed E-state index contributed by atoms with van der Waals surface area (Å²) in [4.78, 5) is 21.1. The number of hydrogen-bond donors (Lipinski definition) is 3. The molecule has 2 fully saturated rings. The van der Waals surface area contributed by atoms with Gasteiger partial charge in [0.05, 0.1) is 17.8 Å². The molecule has 0 bridgehead atoms. The van der Waals surface area contributed by atoms with Gasteiger partial charge in [-0.2, -0.15) is 0 Å². The first-order chi connectivity index (χ1) is 16.8. The highest BCUT2D eigenvalue weighted by molar-refractivity contribution is 7.21. The molecule has 3 aliphatic heterocycles. The SMILES string of the molecule is Cc1ccc2c(N)c(C(=O)N[C@H]3COc4cc(N5C[C@@H](N)[C@]6(C5)OCC[C@@H]6C)ccc4C3)sc2n1. The fraction of sp³-hybridized carbons (Fsp3) is 0.462. The van der Waals surface area contributed by atoms with Gasteiger partial charge >= 0.3 is 0 Å². The number of carbonyl (C=O) groups is 1. The maximum absolute atomic E-state index is 13.0. The summed E-state index contributed by atoms with van der Waals surface area (Å²) in [5.41, 5.74) is 16.1. The number of anilines is 2. The van der Waals surface area contributed by atoms with Crippen LogP contribution in [0.1, 0.15) is 34.3 Å². The van der Waals surface area contributed by atoms with Gasteiger partial charge in [-0.15, -0.1) is 11.3 Å². The second kappa shape index (κ2) is 8.36. The van der Waals surface area contributed by atoms with Crippen molar-refractivity contribution in [1.29, 1.82) is 0 Å². The van der Waals surface area contributed by atoms with E-state index < -0.39 is 0 Å². The van der Waals surface area contributed by atoms with Gasteiger partial charge in [0.25, 0.3) is 5.91 Å². The normalized spacial score (nSPS) is 27.9. The van der Waals surface area contributed by atoms with Crippen molar-refractivity contribution in [3.63, 3.8) is 0 Å². The van der Waals surface area contributed by atoms with E-state index in [1.165, 1.54) is 11.3 Å². The van der Waals surface area contributed by atoms with Crippen LogP contribution in [-0.2, 0) is 11.2 Å². The number of nitrogens with one attached hydrogen (secondary N) is 1. The van der Waals surface area contributed by atoms with Crippen LogP contribution in [0.15, 0.2) is 30.3 Å². The van der Waals surface area contributed by atoms with E-state index in [4.69, 9.17) is 20.9 Å². The fourth-order valence-corrected chi connectivity index (χ4v) is 6.76. The Kier molecular flexibility index (Phi) is 5.39. The molecule has 1 amide bonds. The number of aryl methyl sites for hydroxylation is 1. The molecule has 2 saturated heterocycles. The average molecular weight is 494 g/mol. The van der Waals surface area contributed by atoms with Gasteiger partial charge in [0, 0.05) is 42.5 Å². The minimum absolute atomic E-state index is 0.00278. The molecule has 3 aromatic rings. The van der Waals surface area contributed by atoms with E-state index in [0.717, 1.165) is 59.0 Å². The number of hydrogen-bond acceptors (Lipinski definition) is 8. The number of amides is 1. The Hall–Kier alpha value is -2.88. The lowest BCUT2D eigenvalue weighted by atomic mass is 9.85. The van der Waals surface area contributed by atoms with Crippen molar-refractivity contribution in [1.82, 2.24) is 10.3 Å². The van der Waals surface area contributed by atoms with Gasteiger partial charge in [-0.25, -0.2) is 4.98 Å². The Bertz CT molecular complexity index is 1310. The zero-order valence-electron chi connectivity index (χ0n) is 20.0. The van der Waals surface area contributed by atoms with Crippen LogP contribution in [0.25, 0.3) is 10.2 Å². The van der Waals surface area contributed by atoms with Crippen molar-refractivity contribution in [3.8, 4) is 5.75 Å². The third-order valence-electron chi connectivity index (χ3n) is 7.84. The first-order valence-electron chi connectivity index (χ1n) is 12.2. The van der Waals surface area contributed by atoms with Gasteiger partial charge in [-0.05, 0) is 49.4 Å². The van der Waals surface area contributed by atoms with Gasteiger partial charge < -0.3 is 31.2 Å². The lowest BCUT2D eigenvalue weighted by Crippen LogP contribution is -2.50. The molecule has 6 rings (SSSR count). The van der Waals surface area contributed by atoms with Crippen LogP contribution >= 0.6 is 11.3 Å². The van der Waals surface area contributed by atoms with Gasteiger partial charge in [0.2, 0.25) is 0 Å². The zero-order chi connectivity index (χ0) is 24.3. The van der Waals surface area contributed by atoms with E-state index in [-0.39, 0.29) is 23.6 Å². The van der Waals surface area contributed by atoms with E-state index in [1.807, 2.05) is 19.1 Å². The molecule has 8 nitrogen and oxygen atoms in total. The highest BCUT2D eigenvalue weighted by Gasteiger charge is 2.52. The molecule has 5 heterocycles. The number of rotatable bonds is 3. The maximum Gasteiger partial charge on any atom is 0.263 e. The number of thiophene rings is 1. The first kappa shape index (κ1) is 22.6. The summed E-state index contributed by atoms with van der Waals surface area (Å²) in [6, 6.07) is 10.0. The topological polar surface area (TPSA) is 116 Å². The van der Waals surface area contributed by atoms with E-state index in [2.05, 4.69) is 40.3 Å². The number of aromatic nitrogens is 1. The van der Waals surface area contributed by atoms with Crippen LogP contribution in [0, 0.1) is 12.8 Å². The van der Waals surface area contributed by atoms with E-state index in [1.54, 1.807) is 0 Å². The number of benzene rings is 1. The second-order valence-corrected chi connectivity index (χ2v) is 11.1. The minimum Gasteiger partial charge on any atom is -0.491 e. The first-order valence-corrected chi connectivity index (χ1v) is 13.0. The molecule has 5 N–H and O–H groups in total. The molecule has 0 aliphatic carbocycles. The Morgan fingerprint density at radius 1 is 1.31 bits per heavy atom. The van der Waals surface area contributed by atoms with E-state index >= 15 is 0 Å². The standard InChI is InChI=1S/C26H31N5O3S/c1-14-7-8-34-26(14)13-31(11-21(26)27)18-5-4-16-9-17(12-33-20(16)10-18)30-24(32)23-22(28)19-6-3-15(2)29-25(19)35-23/h3-6,10,14,17,21H,7-9,11-13,27-28H2,1-2H3,(H,30,32)/t14-,17+,21+,26+/m0/s1. The highest BCUT2D eigenvalue weighted by Crippen LogP contribution is 2.41. The summed E-state index contributed by atoms with van der Waals surface area (Å²) in [6.07, 6.45) is 1.76. The number of nitrogen functional groups attached to an aromatic ring is 1. The van der Waals surface area contributed by atoms with Gasteiger partial charge in [0.15, 0.2) is 0 Å². The van der Waals surface area contributed by atoms with Crippen molar-refractivity contribution in [2.24, 2.45) is 11.7 Å². The number of carbonyl (C=O) groups excluding carboxylic acids is 1. The van der Waals surface area contributed by atoms with Crippen LogP contribution in [0.3, 0.4) is 0 Å². The molecule has 0 saturated carbocycles. The average Bonchev–Trinajstić information content (AvgIpc) is 3.49. The summed E-state index contributed by atoms with van der Waals surface area (Å²) in [5.74, 6) is 1.14. The second-order valence-electron chi connectivity index (χ2n) is 10.1. The monoisotopic (exact) mass is 493 g/mol. The Labute approximate surface area is 208 Å². The van der Waals surface area contributed by atoms with Crippen molar-refractivity contribution in [2.75, 3.05) is 36.9 Å². The number of ether oxygens (including phenoxy) is 2. The van der Waals surface area contributed by atoms with Crippen LogP contribution < -0.4 is 26.4 Å². The van der Waals surface area contributed by atoms with Crippen molar-refractivity contribution in [3.05, 3.63) is 46.5 Å². The zero-order valence-corrected chi connectivity index (χ0v) is 20.9. The number of nitrogens with zero attached hydrogens (tertiary/aromatic N) is 2. The van der Waals surface area contributed by atoms with Crippen molar-refractivity contribution < 1.29 is 14.3 Å². The molecule has 0 radical (unpaired) electrons. The summed E-state index contributed by atoms with van der Waals surface area (Å²) in [5, 5.41) is 3.92. The number of fused-ring (bicyclic) bond motifs is 2. The molecule has 0 unspecified atom stereocenters. The van der Waals surface area contributed by atoms with E-state index in [0.29, 0.717) is 29.5 Å². The quantitative estimate of drug-likeness (QED) is 0.514. The van der Waals surface area contributed by atoms with Gasteiger partial charge in [-0.3, -0.25) is 4.79 Å². The lowest BCUT2D eigenvalue weighted by Gasteiger charge is -2.32. The molecule has 35 heavy (non-hydrogen) atoms. The summed E-state index contributed by atoms with van der Waals surface area (Å²) in [7, 11) is 0. The van der Waals surface area contributed by atoms with Crippen LogP contribution in [0.5, 0.6) is 5.75 Å². The number of nitrogens with two attached hydrogens (primary N) is 2. The van der Waals surface area contributed by atoms with E-state index in [9.17, 15) is 4.79 Å². The van der Waals surface area contributed by atoms with Crippen molar-refractivity contribution >= 4 is 38.8 Å². The molecule has 1 aromatic carbocycles.